The molecule has 2 unspecified atom stereocenters. The van der Waals surface area contributed by atoms with E-state index >= 15 is 0 Å². The molecule has 3 aliphatic rings. The summed E-state index contributed by atoms with van der Waals surface area (Å²) in [5.41, 5.74) is -0.470. The molecule has 37 heavy (non-hydrogen) atoms. The lowest BCUT2D eigenvalue weighted by molar-refractivity contribution is -0.154. The van der Waals surface area contributed by atoms with Crippen LogP contribution in [0.1, 0.15) is 73.1 Å². The van der Waals surface area contributed by atoms with E-state index in [1.165, 1.54) is 0 Å². The van der Waals surface area contributed by atoms with Crippen LogP contribution in [0.25, 0.3) is 0 Å². The van der Waals surface area contributed by atoms with Crippen LogP contribution in [-0.4, -0.2) is 80.6 Å². The predicted molar refractivity (Wildman–Crippen MR) is 148 cm³/mol. The van der Waals surface area contributed by atoms with E-state index in [4.69, 9.17) is 4.74 Å². The number of unbranched alkanes of at least 4 members (excludes halogenated alkanes) is 1. The van der Waals surface area contributed by atoms with Crippen molar-refractivity contribution in [1.82, 2.24) is 9.80 Å². The number of esters is 1. The van der Waals surface area contributed by atoms with Crippen molar-refractivity contribution in [2.45, 2.75) is 94.7 Å². The molecule has 0 aromatic heterocycles. The Kier molecular flexibility index (Phi) is 9.26. The Labute approximate surface area is 227 Å². The van der Waals surface area contributed by atoms with Gasteiger partial charge in [0.25, 0.3) is 0 Å². The number of carbonyl (C=O) groups excluding carboxylic acids is 3. The maximum Gasteiger partial charge on any atom is 0.310 e. The number of rotatable bonds is 13. The first-order valence-electron chi connectivity index (χ1n) is 13.6. The Hall–Kier alpha value is -1.80. The Morgan fingerprint density at radius 2 is 1.92 bits per heavy atom. The third kappa shape index (κ3) is 5.80. The van der Waals surface area contributed by atoms with Crippen molar-refractivity contribution in [2.75, 3.05) is 26.3 Å². The fraction of sp³-hybridized carbons (Fsp3) is 0.759. The highest BCUT2D eigenvalue weighted by molar-refractivity contribution is 8.02. The minimum atomic E-state index is -0.677. The van der Waals surface area contributed by atoms with Crippen molar-refractivity contribution in [3.63, 3.8) is 0 Å². The summed E-state index contributed by atoms with van der Waals surface area (Å²) in [4.78, 5) is 45.3. The minimum absolute atomic E-state index is 0.00684. The van der Waals surface area contributed by atoms with E-state index < -0.39 is 28.2 Å². The molecule has 0 aromatic carbocycles. The summed E-state index contributed by atoms with van der Waals surface area (Å²) in [5.74, 6) is -1.68. The van der Waals surface area contributed by atoms with Crippen molar-refractivity contribution in [3.8, 4) is 0 Å². The Morgan fingerprint density at radius 3 is 2.51 bits per heavy atom. The van der Waals surface area contributed by atoms with Gasteiger partial charge in [0.2, 0.25) is 11.8 Å². The quantitative estimate of drug-likeness (QED) is 0.217. The highest BCUT2D eigenvalue weighted by Crippen LogP contribution is 2.66. The van der Waals surface area contributed by atoms with E-state index in [2.05, 4.69) is 47.8 Å². The van der Waals surface area contributed by atoms with Crippen molar-refractivity contribution < 1.29 is 24.2 Å². The standard InChI is InChI=1S/C29H46N2O5S/c1-8-10-11-18-36-26(35)21-20-13-14-29(37-20)22(21)24(33)30(16-12-17-32)23(29)25(34)31(15-9-2)28(6,7)19-27(3,4)5/h8-9,20-23,32H,1-2,10-19H2,3-7H3/t20-,21+,22-,23?,29?/m0/s1. The zero-order chi connectivity index (χ0) is 27.6. The van der Waals surface area contributed by atoms with Crippen LogP contribution in [0.15, 0.2) is 25.3 Å². The van der Waals surface area contributed by atoms with Crippen LogP contribution in [0.4, 0.5) is 0 Å². The van der Waals surface area contributed by atoms with E-state index in [9.17, 15) is 19.5 Å². The zero-order valence-electron chi connectivity index (χ0n) is 23.3. The number of aliphatic hydroxyl groups excluding tert-OH is 1. The number of hydrogen-bond donors (Lipinski definition) is 1. The lowest BCUT2D eigenvalue weighted by atomic mass is 9.71. The van der Waals surface area contributed by atoms with Crippen LogP contribution < -0.4 is 0 Å². The number of likely N-dealkylation sites (tertiary alicyclic amines) is 1. The fourth-order valence-electron chi connectivity index (χ4n) is 6.98. The van der Waals surface area contributed by atoms with E-state index in [1.807, 2.05) is 4.90 Å². The first kappa shape index (κ1) is 29.8. The van der Waals surface area contributed by atoms with E-state index in [-0.39, 0.29) is 41.6 Å². The SMILES string of the molecule is C=CCCCOC(=O)[C@@H]1[C@@H]2CCC3(S2)C(C(=O)N(CC=C)C(C)(C)CC(C)(C)C)N(CCCO)C(=O)[C@H]13. The van der Waals surface area contributed by atoms with E-state index in [0.717, 1.165) is 19.3 Å². The monoisotopic (exact) mass is 534 g/mol. The van der Waals surface area contributed by atoms with Crippen molar-refractivity contribution in [1.29, 1.82) is 0 Å². The molecule has 3 aliphatic heterocycles. The van der Waals surface area contributed by atoms with Crippen LogP contribution in [0.5, 0.6) is 0 Å². The molecule has 2 amide bonds. The summed E-state index contributed by atoms with van der Waals surface area (Å²) in [7, 11) is 0. The van der Waals surface area contributed by atoms with Crippen LogP contribution in [0.2, 0.25) is 0 Å². The van der Waals surface area contributed by atoms with Gasteiger partial charge in [-0.3, -0.25) is 14.4 Å². The summed E-state index contributed by atoms with van der Waals surface area (Å²) in [6, 6.07) is -0.677. The van der Waals surface area contributed by atoms with Gasteiger partial charge in [-0.15, -0.1) is 24.9 Å². The number of hydrogen-bond acceptors (Lipinski definition) is 6. The lowest BCUT2D eigenvalue weighted by Gasteiger charge is -2.46. The molecular formula is C29H46N2O5S. The Bertz CT molecular complexity index is 897. The highest BCUT2D eigenvalue weighted by atomic mass is 32.2. The topological polar surface area (TPSA) is 87.2 Å². The predicted octanol–water partition coefficient (Wildman–Crippen LogP) is 4.20. The number of allylic oxidation sites excluding steroid dienone is 1. The second kappa shape index (κ2) is 11.5. The lowest BCUT2D eigenvalue weighted by Crippen LogP contribution is -2.60. The molecule has 1 N–H and O–H groups in total. The number of nitrogens with zero attached hydrogens (tertiary/aromatic N) is 2. The molecule has 5 atom stereocenters. The van der Waals surface area contributed by atoms with Gasteiger partial charge in [0.1, 0.15) is 6.04 Å². The normalized spacial score (nSPS) is 28.8. The molecule has 3 fully saturated rings. The molecular weight excluding hydrogens is 488 g/mol. The van der Waals surface area contributed by atoms with Crippen molar-refractivity contribution in [3.05, 3.63) is 25.3 Å². The average molecular weight is 535 g/mol. The van der Waals surface area contributed by atoms with Crippen LogP contribution >= 0.6 is 11.8 Å². The second-order valence-electron chi connectivity index (χ2n) is 12.6. The number of aliphatic hydroxyl groups is 1. The number of fused-ring (bicyclic) bond motifs is 1. The summed E-state index contributed by atoms with van der Waals surface area (Å²) in [5, 5.41) is 9.55. The molecule has 3 heterocycles. The van der Waals surface area contributed by atoms with Gasteiger partial charge in [0, 0.05) is 30.5 Å². The van der Waals surface area contributed by atoms with E-state index in [0.29, 0.717) is 32.4 Å². The third-order valence-electron chi connectivity index (χ3n) is 7.93. The second-order valence-corrected chi connectivity index (χ2v) is 14.2. The summed E-state index contributed by atoms with van der Waals surface area (Å²) < 4.78 is 4.97. The van der Waals surface area contributed by atoms with Crippen molar-refractivity contribution >= 4 is 29.5 Å². The van der Waals surface area contributed by atoms with Gasteiger partial charge in [-0.1, -0.05) is 32.9 Å². The Balaban J connectivity index is 1.97. The molecule has 2 bridgehead atoms. The van der Waals surface area contributed by atoms with Gasteiger partial charge in [-0.25, -0.2) is 0 Å². The molecule has 0 saturated carbocycles. The van der Waals surface area contributed by atoms with Crippen LogP contribution in [0.3, 0.4) is 0 Å². The minimum Gasteiger partial charge on any atom is -0.465 e. The van der Waals surface area contributed by atoms with Gasteiger partial charge >= 0.3 is 5.97 Å². The molecule has 3 saturated heterocycles. The maximum atomic E-state index is 14.5. The molecule has 208 valence electrons. The number of carbonyl (C=O) groups is 3. The number of thioether (sulfide) groups is 1. The van der Waals surface area contributed by atoms with Gasteiger partial charge < -0.3 is 19.6 Å². The number of amides is 2. The van der Waals surface area contributed by atoms with Crippen LogP contribution in [0, 0.1) is 17.3 Å². The Morgan fingerprint density at radius 1 is 1.22 bits per heavy atom. The van der Waals surface area contributed by atoms with Crippen LogP contribution in [-0.2, 0) is 19.1 Å². The van der Waals surface area contributed by atoms with Gasteiger partial charge in [-0.05, 0) is 57.8 Å². The zero-order valence-corrected chi connectivity index (χ0v) is 24.1. The molecule has 0 aromatic rings. The van der Waals surface area contributed by atoms with Gasteiger partial charge in [0.05, 0.1) is 23.2 Å². The highest BCUT2D eigenvalue weighted by Gasteiger charge is 2.74. The molecule has 3 rings (SSSR count). The molecule has 0 aliphatic carbocycles. The summed E-state index contributed by atoms with van der Waals surface area (Å²) >= 11 is 1.65. The average Bonchev–Trinajstić information content (AvgIpc) is 3.44. The number of ether oxygens (including phenoxy) is 1. The first-order valence-corrected chi connectivity index (χ1v) is 14.5. The van der Waals surface area contributed by atoms with Crippen molar-refractivity contribution in [2.24, 2.45) is 17.3 Å². The summed E-state index contributed by atoms with van der Waals surface area (Å²) in [6.07, 6.45) is 7.66. The van der Waals surface area contributed by atoms with Gasteiger partial charge in [0.15, 0.2) is 0 Å². The largest absolute Gasteiger partial charge is 0.465 e. The molecule has 7 nitrogen and oxygen atoms in total. The summed E-state index contributed by atoms with van der Waals surface area (Å²) in [6.45, 7) is 19.1. The first-order chi connectivity index (χ1) is 17.3. The van der Waals surface area contributed by atoms with Gasteiger partial charge in [-0.2, -0.15) is 0 Å². The molecule has 8 heteroatoms. The van der Waals surface area contributed by atoms with E-state index in [1.54, 1.807) is 28.8 Å². The maximum absolute atomic E-state index is 14.5. The fourth-order valence-corrected chi connectivity index (χ4v) is 9.18. The smallest absolute Gasteiger partial charge is 0.310 e. The molecule has 0 radical (unpaired) electrons. The molecule has 1 spiro atoms. The third-order valence-corrected chi connectivity index (χ3v) is 9.88.